The number of nitrogens with zero attached hydrogens (tertiary/aromatic N) is 3. The summed E-state index contributed by atoms with van der Waals surface area (Å²) in [6, 6.07) is 14.7. The van der Waals surface area contributed by atoms with Crippen LogP contribution in [-0.4, -0.2) is 26.1 Å². The molecule has 0 amide bonds. The van der Waals surface area contributed by atoms with Crippen LogP contribution < -0.4 is 5.56 Å². The third-order valence-corrected chi connectivity index (χ3v) is 4.87. The molecule has 28 heavy (non-hydrogen) atoms. The van der Waals surface area contributed by atoms with Crippen molar-refractivity contribution in [1.29, 1.82) is 0 Å². The molecule has 0 saturated carbocycles. The van der Waals surface area contributed by atoms with E-state index in [1.54, 1.807) is 24.4 Å². The van der Waals surface area contributed by atoms with E-state index in [0.717, 1.165) is 16.8 Å². The SMILES string of the molecule is Cc1cc(N=Cc2c(O)n(-c3ccc(C)c(C)c3)c(=O)c3ccccc23)n[nH]1. The number of pyridine rings is 1. The highest BCUT2D eigenvalue weighted by Crippen LogP contribution is 2.27. The van der Waals surface area contributed by atoms with Gasteiger partial charge in [-0.3, -0.25) is 9.89 Å². The van der Waals surface area contributed by atoms with Crippen LogP contribution in [0.1, 0.15) is 22.4 Å². The maximum Gasteiger partial charge on any atom is 0.265 e. The normalized spacial score (nSPS) is 11.5. The van der Waals surface area contributed by atoms with Crippen molar-refractivity contribution < 1.29 is 5.11 Å². The van der Waals surface area contributed by atoms with Gasteiger partial charge in [-0.2, -0.15) is 5.10 Å². The largest absolute Gasteiger partial charge is 0.494 e. The summed E-state index contributed by atoms with van der Waals surface area (Å²) in [5.41, 5.74) is 3.85. The summed E-state index contributed by atoms with van der Waals surface area (Å²) in [5, 5.41) is 19.1. The predicted octanol–water partition coefficient (Wildman–Crippen LogP) is 4.10. The molecule has 0 fully saturated rings. The van der Waals surface area contributed by atoms with Crippen molar-refractivity contribution in [3.05, 3.63) is 81.3 Å². The summed E-state index contributed by atoms with van der Waals surface area (Å²) in [6.45, 7) is 5.87. The first-order valence-electron chi connectivity index (χ1n) is 8.96. The predicted molar refractivity (Wildman–Crippen MR) is 111 cm³/mol. The third-order valence-electron chi connectivity index (χ3n) is 4.87. The third kappa shape index (κ3) is 2.99. The minimum absolute atomic E-state index is 0.150. The first-order valence-corrected chi connectivity index (χ1v) is 8.96. The van der Waals surface area contributed by atoms with E-state index in [4.69, 9.17) is 0 Å². The summed E-state index contributed by atoms with van der Waals surface area (Å²) in [7, 11) is 0. The molecule has 2 aromatic heterocycles. The van der Waals surface area contributed by atoms with Gasteiger partial charge in [0, 0.05) is 28.7 Å². The van der Waals surface area contributed by atoms with Crippen LogP contribution in [0.4, 0.5) is 5.82 Å². The van der Waals surface area contributed by atoms with Gasteiger partial charge in [0.2, 0.25) is 5.88 Å². The Morgan fingerprint density at radius 2 is 1.79 bits per heavy atom. The molecule has 2 aromatic carbocycles. The Hall–Kier alpha value is -3.67. The maximum atomic E-state index is 13.1. The second-order valence-corrected chi connectivity index (χ2v) is 6.86. The van der Waals surface area contributed by atoms with Gasteiger partial charge in [-0.05, 0) is 50.1 Å². The molecule has 2 N–H and O–H groups in total. The first kappa shape index (κ1) is 17.7. The summed E-state index contributed by atoms with van der Waals surface area (Å²) < 4.78 is 1.33. The molecular formula is C22H20N4O2. The standard InChI is InChI=1S/C22H20N4O2/c1-13-8-9-16(10-14(13)2)26-21(27)18-7-5-4-6-17(18)19(22(26)28)12-23-20-11-15(3)24-25-20/h4-12,28H,1-3H3,(H,24,25). The van der Waals surface area contributed by atoms with Gasteiger partial charge in [0.25, 0.3) is 5.56 Å². The van der Waals surface area contributed by atoms with Crippen molar-refractivity contribution in [1.82, 2.24) is 14.8 Å². The van der Waals surface area contributed by atoms with Crippen molar-refractivity contribution >= 4 is 22.8 Å². The van der Waals surface area contributed by atoms with Gasteiger partial charge in [0.1, 0.15) is 0 Å². The zero-order valence-electron chi connectivity index (χ0n) is 15.9. The van der Waals surface area contributed by atoms with Crippen LogP contribution in [0.5, 0.6) is 5.88 Å². The van der Waals surface area contributed by atoms with Crippen LogP contribution in [0.2, 0.25) is 0 Å². The Labute approximate surface area is 161 Å². The van der Waals surface area contributed by atoms with E-state index in [-0.39, 0.29) is 11.4 Å². The van der Waals surface area contributed by atoms with E-state index in [1.807, 2.05) is 51.1 Å². The molecule has 0 atom stereocenters. The lowest BCUT2D eigenvalue weighted by atomic mass is 10.1. The molecule has 0 aliphatic carbocycles. The quantitative estimate of drug-likeness (QED) is 0.531. The Balaban J connectivity index is 1.99. The van der Waals surface area contributed by atoms with Gasteiger partial charge < -0.3 is 5.11 Å². The number of fused-ring (bicyclic) bond motifs is 1. The van der Waals surface area contributed by atoms with Crippen molar-refractivity contribution in [3.63, 3.8) is 0 Å². The van der Waals surface area contributed by atoms with Crippen LogP contribution in [-0.2, 0) is 0 Å². The van der Waals surface area contributed by atoms with Gasteiger partial charge >= 0.3 is 0 Å². The van der Waals surface area contributed by atoms with E-state index in [9.17, 15) is 9.90 Å². The molecule has 4 aromatic rings. The molecule has 0 aliphatic rings. The zero-order chi connectivity index (χ0) is 19.8. The molecular weight excluding hydrogens is 352 g/mol. The Morgan fingerprint density at radius 1 is 1.04 bits per heavy atom. The molecule has 0 bridgehead atoms. The topological polar surface area (TPSA) is 83.3 Å². The van der Waals surface area contributed by atoms with Crippen LogP contribution >= 0.6 is 0 Å². The monoisotopic (exact) mass is 372 g/mol. The zero-order valence-corrected chi connectivity index (χ0v) is 15.9. The Kier molecular flexibility index (Phi) is 4.31. The van der Waals surface area contributed by atoms with Gasteiger partial charge in [-0.15, -0.1) is 0 Å². The smallest absolute Gasteiger partial charge is 0.265 e. The Morgan fingerprint density at radius 3 is 2.46 bits per heavy atom. The second-order valence-electron chi connectivity index (χ2n) is 6.86. The van der Waals surface area contributed by atoms with E-state index in [1.165, 1.54) is 4.57 Å². The number of hydrogen-bond donors (Lipinski definition) is 2. The van der Waals surface area contributed by atoms with Crippen molar-refractivity contribution in [2.75, 3.05) is 0 Å². The van der Waals surface area contributed by atoms with E-state index in [0.29, 0.717) is 27.8 Å². The summed E-state index contributed by atoms with van der Waals surface area (Å²) >= 11 is 0. The van der Waals surface area contributed by atoms with Crippen LogP contribution in [0.3, 0.4) is 0 Å². The highest BCUT2D eigenvalue weighted by molar-refractivity contribution is 6.02. The van der Waals surface area contributed by atoms with E-state index in [2.05, 4.69) is 15.2 Å². The number of aliphatic imine (C=N–C) groups is 1. The number of aromatic nitrogens is 3. The number of hydrogen-bond acceptors (Lipinski definition) is 4. The highest BCUT2D eigenvalue weighted by Gasteiger charge is 2.16. The molecule has 0 unspecified atom stereocenters. The molecule has 0 aliphatic heterocycles. The van der Waals surface area contributed by atoms with Crippen molar-refractivity contribution in [2.24, 2.45) is 4.99 Å². The van der Waals surface area contributed by atoms with Crippen LogP contribution in [0.15, 0.2) is 58.3 Å². The van der Waals surface area contributed by atoms with E-state index >= 15 is 0 Å². The molecule has 0 saturated heterocycles. The lowest BCUT2D eigenvalue weighted by molar-refractivity contribution is 0.436. The lowest BCUT2D eigenvalue weighted by Crippen LogP contribution is -2.20. The lowest BCUT2D eigenvalue weighted by Gasteiger charge is -2.14. The molecule has 2 heterocycles. The molecule has 4 rings (SSSR count). The van der Waals surface area contributed by atoms with E-state index < -0.39 is 0 Å². The van der Waals surface area contributed by atoms with Crippen LogP contribution in [0.25, 0.3) is 16.5 Å². The van der Waals surface area contributed by atoms with Gasteiger partial charge in [-0.25, -0.2) is 9.56 Å². The van der Waals surface area contributed by atoms with Gasteiger partial charge in [0.05, 0.1) is 11.3 Å². The summed E-state index contributed by atoms with van der Waals surface area (Å²) in [4.78, 5) is 17.5. The number of aromatic amines is 1. The average Bonchev–Trinajstić information content (AvgIpc) is 3.10. The second kappa shape index (κ2) is 6.81. The number of aryl methyl sites for hydroxylation is 3. The fraction of sp³-hybridized carbons (Fsp3) is 0.136. The number of aromatic hydroxyl groups is 1. The molecule has 6 nitrogen and oxygen atoms in total. The molecule has 0 spiro atoms. The minimum atomic E-state index is -0.274. The number of H-pyrrole nitrogens is 1. The Bertz CT molecular complexity index is 1280. The van der Waals surface area contributed by atoms with Crippen molar-refractivity contribution in [3.8, 4) is 11.6 Å². The minimum Gasteiger partial charge on any atom is -0.494 e. The number of nitrogens with one attached hydrogen (secondary N) is 1. The number of rotatable bonds is 3. The summed E-state index contributed by atoms with van der Waals surface area (Å²) in [6.07, 6.45) is 1.55. The molecule has 140 valence electrons. The van der Waals surface area contributed by atoms with Gasteiger partial charge in [-0.1, -0.05) is 24.3 Å². The summed E-state index contributed by atoms with van der Waals surface area (Å²) in [5.74, 6) is 0.355. The maximum absolute atomic E-state index is 13.1. The van der Waals surface area contributed by atoms with Crippen molar-refractivity contribution in [2.45, 2.75) is 20.8 Å². The first-order chi connectivity index (χ1) is 13.5. The fourth-order valence-corrected chi connectivity index (χ4v) is 3.19. The molecule has 0 radical (unpaired) electrons. The van der Waals surface area contributed by atoms with Gasteiger partial charge in [0.15, 0.2) is 5.82 Å². The molecule has 6 heteroatoms. The highest BCUT2D eigenvalue weighted by atomic mass is 16.3. The number of benzene rings is 2. The van der Waals surface area contributed by atoms with Crippen LogP contribution in [0, 0.1) is 20.8 Å². The average molecular weight is 372 g/mol. The fourth-order valence-electron chi connectivity index (χ4n) is 3.19.